The van der Waals surface area contributed by atoms with Crippen molar-refractivity contribution >= 4 is 23.5 Å². The highest BCUT2D eigenvalue weighted by Gasteiger charge is 2.11. The molecular weight excluding hydrogens is 232 g/mol. The van der Waals surface area contributed by atoms with Gasteiger partial charge in [0.05, 0.1) is 17.2 Å². The molecule has 1 aromatic heterocycles. The zero-order valence-corrected chi connectivity index (χ0v) is 9.45. The molecule has 0 unspecified atom stereocenters. The van der Waals surface area contributed by atoms with Crippen LogP contribution in [0.2, 0.25) is 5.02 Å². The van der Waals surface area contributed by atoms with Gasteiger partial charge in [-0.2, -0.15) is 0 Å². The summed E-state index contributed by atoms with van der Waals surface area (Å²) in [5, 5.41) is 2.64. The minimum atomic E-state index is -0.485. The highest BCUT2D eigenvalue weighted by molar-refractivity contribution is 6.33. The highest BCUT2D eigenvalue weighted by atomic mass is 35.5. The van der Waals surface area contributed by atoms with Gasteiger partial charge in [0.2, 0.25) is 0 Å². The van der Waals surface area contributed by atoms with Crippen molar-refractivity contribution in [3.8, 4) is 0 Å². The van der Waals surface area contributed by atoms with Crippen LogP contribution in [0.3, 0.4) is 0 Å². The van der Waals surface area contributed by atoms with Crippen molar-refractivity contribution in [2.75, 3.05) is 13.2 Å². The smallest absolute Gasteiger partial charge is 0.325 e. The monoisotopic (exact) mass is 242 g/mol. The molecule has 0 atom stereocenters. The van der Waals surface area contributed by atoms with Crippen LogP contribution in [-0.4, -0.2) is 30.0 Å². The molecule has 0 fully saturated rings. The molecule has 0 bridgehead atoms. The van der Waals surface area contributed by atoms with Gasteiger partial charge in [-0.1, -0.05) is 11.6 Å². The lowest BCUT2D eigenvalue weighted by Crippen LogP contribution is -2.30. The van der Waals surface area contributed by atoms with Gasteiger partial charge in [0.15, 0.2) is 0 Å². The lowest BCUT2D eigenvalue weighted by atomic mass is 10.2. The van der Waals surface area contributed by atoms with Crippen molar-refractivity contribution in [3.05, 3.63) is 29.0 Å². The normalized spacial score (nSPS) is 9.62. The number of ether oxygens (including phenoxy) is 1. The van der Waals surface area contributed by atoms with Crippen LogP contribution in [0.5, 0.6) is 0 Å². The van der Waals surface area contributed by atoms with E-state index in [1.54, 1.807) is 6.92 Å². The van der Waals surface area contributed by atoms with Crippen molar-refractivity contribution in [1.82, 2.24) is 10.3 Å². The zero-order chi connectivity index (χ0) is 12.0. The molecule has 0 aromatic carbocycles. The van der Waals surface area contributed by atoms with Gasteiger partial charge >= 0.3 is 5.97 Å². The maximum absolute atomic E-state index is 11.5. The number of carbonyl (C=O) groups is 2. The molecule has 5 nitrogen and oxygen atoms in total. The average Bonchev–Trinajstić information content (AvgIpc) is 2.27. The summed E-state index contributed by atoms with van der Waals surface area (Å²) < 4.78 is 4.66. The van der Waals surface area contributed by atoms with Gasteiger partial charge in [-0.25, -0.2) is 0 Å². The number of amides is 1. The van der Waals surface area contributed by atoms with Crippen LogP contribution in [0.25, 0.3) is 0 Å². The summed E-state index contributed by atoms with van der Waals surface area (Å²) in [4.78, 5) is 26.3. The molecule has 1 N–H and O–H groups in total. The maximum Gasteiger partial charge on any atom is 0.325 e. The summed E-state index contributed by atoms with van der Waals surface area (Å²) in [6.45, 7) is 1.80. The van der Waals surface area contributed by atoms with Crippen molar-refractivity contribution in [1.29, 1.82) is 0 Å². The third kappa shape index (κ3) is 3.51. The number of carbonyl (C=O) groups excluding carboxylic acids is 2. The van der Waals surface area contributed by atoms with Crippen LogP contribution >= 0.6 is 11.6 Å². The van der Waals surface area contributed by atoms with E-state index in [1.807, 2.05) is 0 Å². The molecule has 16 heavy (non-hydrogen) atoms. The quantitative estimate of drug-likeness (QED) is 0.801. The average molecular weight is 243 g/mol. The Morgan fingerprint density at radius 2 is 2.31 bits per heavy atom. The van der Waals surface area contributed by atoms with E-state index in [1.165, 1.54) is 18.5 Å². The van der Waals surface area contributed by atoms with E-state index in [-0.39, 0.29) is 23.7 Å². The molecule has 1 aromatic rings. The lowest BCUT2D eigenvalue weighted by molar-refractivity contribution is -0.141. The fraction of sp³-hybridized carbons (Fsp3) is 0.300. The molecule has 0 spiro atoms. The number of halogens is 1. The maximum atomic E-state index is 11.5. The molecule has 1 rings (SSSR count). The predicted octanol–water partition coefficient (Wildman–Crippen LogP) is 1.03. The molecule has 0 saturated heterocycles. The van der Waals surface area contributed by atoms with Gasteiger partial charge in [-0.3, -0.25) is 14.6 Å². The molecule has 0 radical (unpaired) electrons. The first kappa shape index (κ1) is 12.4. The Bertz CT molecular complexity index is 395. The van der Waals surface area contributed by atoms with Crippen molar-refractivity contribution in [3.63, 3.8) is 0 Å². The number of pyridine rings is 1. The summed E-state index contributed by atoms with van der Waals surface area (Å²) in [5.74, 6) is -0.915. The second kappa shape index (κ2) is 6.07. The third-order valence-electron chi connectivity index (χ3n) is 1.72. The van der Waals surface area contributed by atoms with E-state index in [2.05, 4.69) is 15.0 Å². The minimum absolute atomic E-state index is 0.175. The Morgan fingerprint density at radius 3 is 2.94 bits per heavy atom. The Morgan fingerprint density at radius 1 is 1.56 bits per heavy atom. The van der Waals surface area contributed by atoms with E-state index in [0.717, 1.165) is 0 Å². The van der Waals surface area contributed by atoms with Gasteiger partial charge < -0.3 is 10.1 Å². The number of hydrogen-bond acceptors (Lipinski definition) is 4. The van der Waals surface area contributed by atoms with Crippen molar-refractivity contribution < 1.29 is 14.3 Å². The Hall–Kier alpha value is -1.62. The van der Waals surface area contributed by atoms with Crippen LogP contribution in [0.15, 0.2) is 18.5 Å². The number of aromatic nitrogens is 1. The summed E-state index contributed by atoms with van der Waals surface area (Å²) in [6.07, 6.45) is 2.81. The number of nitrogens with one attached hydrogen (secondary N) is 1. The second-order valence-electron chi connectivity index (χ2n) is 2.84. The van der Waals surface area contributed by atoms with Gasteiger partial charge in [0, 0.05) is 12.4 Å². The molecule has 0 aliphatic heterocycles. The first-order valence-electron chi connectivity index (χ1n) is 4.68. The van der Waals surface area contributed by atoms with Crippen molar-refractivity contribution in [2.45, 2.75) is 6.92 Å². The van der Waals surface area contributed by atoms with E-state index in [9.17, 15) is 9.59 Å². The van der Waals surface area contributed by atoms with Crippen molar-refractivity contribution in [2.24, 2.45) is 0 Å². The second-order valence-corrected chi connectivity index (χ2v) is 3.25. The van der Waals surface area contributed by atoms with Gasteiger partial charge in [-0.15, -0.1) is 0 Å². The fourth-order valence-corrected chi connectivity index (χ4v) is 1.22. The topological polar surface area (TPSA) is 68.3 Å². The van der Waals surface area contributed by atoms with Gasteiger partial charge in [-0.05, 0) is 13.0 Å². The Balaban J connectivity index is 2.54. The third-order valence-corrected chi connectivity index (χ3v) is 2.02. The Kier molecular flexibility index (Phi) is 4.72. The summed E-state index contributed by atoms with van der Waals surface area (Å²) >= 11 is 5.76. The SMILES string of the molecule is CCOC(=O)CNC(=O)c1ccncc1Cl. The summed E-state index contributed by atoms with van der Waals surface area (Å²) in [6, 6.07) is 1.48. The zero-order valence-electron chi connectivity index (χ0n) is 8.70. The summed E-state index contributed by atoms with van der Waals surface area (Å²) in [7, 11) is 0. The van der Waals surface area contributed by atoms with Crippen LogP contribution in [-0.2, 0) is 9.53 Å². The molecule has 86 valence electrons. The lowest BCUT2D eigenvalue weighted by Gasteiger charge is -2.05. The van der Waals surface area contributed by atoms with Crippen LogP contribution in [0, 0.1) is 0 Å². The standard InChI is InChI=1S/C10H11ClN2O3/c1-2-16-9(14)6-13-10(15)7-3-4-12-5-8(7)11/h3-5H,2,6H2,1H3,(H,13,15). The molecule has 0 saturated carbocycles. The number of rotatable bonds is 4. The largest absolute Gasteiger partial charge is 0.465 e. The molecule has 0 aliphatic rings. The van der Waals surface area contributed by atoms with Gasteiger partial charge in [0.25, 0.3) is 5.91 Å². The van der Waals surface area contributed by atoms with E-state index < -0.39 is 11.9 Å². The first-order valence-corrected chi connectivity index (χ1v) is 5.06. The van der Waals surface area contributed by atoms with Crippen LogP contribution in [0.4, 0.5) is 0 Å². The number of esters is 1. The molecule has 0 aliphatic carbocycles. The molecule has 1 heterocycles. The molecular formula is C10H11ClN2O3. The molecule has 1 amide bonds. The fourth-order valence-electron chi connectivity index (χ4n) is 1.02. The number of nitrogens with zero attached hydrogens (tertiary/aromatic N) is 1. The van der Waals surface area contributed by atoms with Gasteiger partial charge in [0.1, 0.15) is 6.54 Å². The first-order chi connectivity index (χ1) is 7.65. The Labute approximate surface area is 97.8 Å². The van der Waals surface area contributed by atoms with E-state index in [0.29, 0.717) is 0 Å². The highest BCUT2D eigenvalue weighted by Crippen LogP contribution is 2.12. The van der Waals surface area contributed by atoms with Crippen LogP contribution < -0.4 is 5.32 Å². The van der Waals surface area contributed by atoms with E-state index >= 15 is 0 Å². The minimum Gasteiger partial charge on any atom is -0.465 e. The molecule has 6 heteroatoms. The predicted molar refractivity (Wildman–Crippen MR) is 58.2 cm³/mol. The van der Waals surface area contributed by atoms with Crippen LogP contribution in [0.1, 0.15) is 17.3 Å². The van der Waals surface area contributed by atoms with E-state index in [4.69, 9.17) is 11.6 Å². The number of hydrogen-bond donors (Lipinski definition) is 1. The summed E-state index contributed by atoms with van der Waals surface area (Å²) in [5.41, 5.74) is 0.279.